The zero-order valence-corrected chi connectivity index (χ0v) is 10.4. The molecule has 96 valence electrons. The zero-order chi connectivity index (χ0) is 13.1. The second-order valence-electron chi connectivity index (χ2n) is 4.21. The van der Waals surface area contributed by atoms with E-state index in [1.807, 2.05) is 24.6 Å². The summed E-state index contributed by atoms with van der Waals surface area (Å²) in [7, 11) is 1.91. The molecule has 1 atom stereocenters. The van der Waals surface area contributed by atoms with E-state index >= 15 is 0 Å². The molecule has 0 saturated heterocycles. The lowest BCUT2D eigenvalue weighted by atomic mass is 10.1. The van der Waals surface area contributed by atoms with Gasteiger partial charge in [0.05, 0.1) is 17.8 Å². The maximum Gasteiger partial charge on any atom is 0.308 e. The van der Waals surface area contributed by atoms with E-state index < -0.39 is 11.9 Å². The van der Waals surface area contributed by atoms with Gasteiger partial charge in [0.25, 0.3) is 0 Å². The Kier molecular flexibility index (Phi) is 3.45. The topological polar surface area (TPSA) is 80.0 Å². The first-order chi connectivity index (χ1) is 8.63. The molecule has 0 aliphatic heterocycles. The number of hydrogen-bond donors (Lipinski definition) is 2. The Bertz CT molecular complexity index is 564. The van der Waals surface area contributed by atoms with Crippen molar-refractivity contribution in [2.45, 2.75) is 13.3 Å². The fourth-order valence-electron chi connectivity index (χ4n) is 1.82. The van der Waals surface area contributed by atoms with Gasteiger partial charge >= 0.3 is 5.97 Å². The molecule has 0 fully saturated rings. The Morgan fingerprint density at radius 2 is 2.33 bits per heavy atom. The molecule has 6 heteroatoms. The number of fused-ring (bicyclic) bond motifs is 1. The maximum absolute atomic E-state index is 10.9. The molecule has 2 aromatic heterocycles. The van der Waals surface area contributed by atoms with Crippen molar-refractivity contribution in [3.8, 4) is 0 Å². The van der Waals surface area contributed by atoms with E-state index in [2.05, 4.69) is 15.3 Å². The predicted molar refractivity (Wildman–Crippen MR) is 68.4 cm³/mol. The van der Waals surface area contributed by atoms with Gasteiger partial charge in [0.2, 0.25) is 0 Å². The van der Waals surface area contributed by atoms with Crippen LogP contribution in [0.1, 0.15) is 13.3 Å². The SMILES string of the molecule is CCC(CNc1nccc2c1ncn2C)C(=O)O. The summed E-state index contributed by atoms with van der Waals surface area (Å²) >= 11 is 0. The average molecular weight is 248 g/mol. The third-order valence-electron chi connectivity index (χ3n) is 3.00. The van der Waals surface area contributed by atoms with Crippen LogP contribution in [0, 0.1) is 5.92 Å². The number of nitrogens with zero attached hydrogens (tertiary/aromatic N) is 3. The first-order valence-corrected chi connectivity index (χ1v) is 5.86. The van der Waals surface area contributed by atoms with Crippen LogP contribution >= 0.6 is 0 Å². The van der Waals surface area contributed by atoms with Gasteiger partial charge in [-0.15, -0.1) is 0 Å². The molecule has 2 aromatic rings. The van der Waals surface area contributed by atoms with Crippen molar-refractivity contribution in [3.63, 3.8) is 0 Å². The Morgan fingerprint density at radius 1 is 1.56 bits per heavy atom. The van der Waals surface area contributed by atoms with Crippen LogP contribution in [0.5, 0.6) is 0 Å². The number of carboxylic acid groups (broad SMARTS) is 1. The van der Waals surface area contributed by atoms with Crippen molar-refractivity contribution in [3.05, 3.63) is 18.6 Å². The number of aliphatic carboxylic acids is 1. The fraction of sp³-hybridized carbons (Fsp3) is 0.417. The van der Waals surface area contributed by atoms with Crippen LogP contribution in [0.25, 0.3) is 11.0 Å². The molecule has 0 aliphatic rings. The molecular formula is C12H16N4O2. The van der Waals surface area contributed by atoms with Crippen LogP contribution in [0.3, 0.4) is 0 Å². The number of carbonyl (C=O) groups is 1. The first kappa shape index (κ1) is 12.3. The molecular weight excluding hydrogens is 232 g/mol. The molecule has 0 bridgehead atoms. The highest BCUT2D eigenvalue weighted by molar-refractivity contribution is 5.85. The van der Waals surface area contributed by atoms with E-state index in [0.717, 1.165) is 11.0 Å². The Balaban J connectivity index is 2.19. The minimum atomic E-state index is -0.793. The number of pyridine rings is 1. The molecule has 18 heavy (non-hydrogen) atoms. The lowest BCUT2D eigenvalue weighted by Gasteiger charge is -2.11. The summed E-state index contributed by atoms with van der Waals surface area (Å²) in [6.07, 6.45) is 3.99. The lowest BCUT2D eigenvalue weighted by molar-refractivity contribution is -0.141. The standard InChI is InChI=1S/C12H16N4O2/c1-3-8(12(17)18)6-14-11-10-9(4-5-13-11)16(2)7-15-10/h4-5,7-8H,3,6H2,1-2H3,(H,13,14)(H,17,18). The highest BCUT2D eigenvalue weighted by Crippen LogP contribution is 2.19. The number of aryl methyl sites for hydroxylation is 1. The molecule has 1 unspecified atom stereocenters. The molecule has 0 spiro atoms. The van der Waals surface area contributed by atoms with Gasteiger partial charge in [0.1, 0.15) is 5.52 Å². The highest BCUT2D eigenvalue weighted by atomic mass is 16.4. The first-order valence-electron chi connectivity index (χ1n) is 5.86. The Morgan fingerprint density at radius 3 is 3.00 bits per heavy atom. The monoisotopic (exact) mass is 248 g/mol. The van der Waals surface area contributed by atoms with Crippen molar-refractivity contribution < 1.29 is 9.90 Å². The van der Waals surface area contributed by atoms with Gasteiger partial charge in [0, 0.05) is 19.8 Å². The maximum atomic E-state index is 10.9. The van der Waals surface area contributed by atoms with Crippen molar-refractivity contribution in [2.24, 2.45) is 13.0 Å². The van der Waals surface area contributed by atoms with E-state index in [1.165, 1.54) is 0 Å². The van der Waals surface area contributed by atoms with Gasteiger partial charge in [-0.25, -0.2) is 9.97 Å². The molecule has 2 rings (SSSR count). The molecule has 2 N–H and O–H groups in total. The van der Waals surface area contributed by atoms with Crippen LogP contribution in [0.15, 0.2) is 18.6 Å². The fourth-order valence-corrected chi connectivity index (χ4v) is 1.82. The molecule has 0 saturated carbocycles. The highest BCUT2D eigenvalue weighted by Gasteiger charge is 2.15. The van der Waals surface area contributed by atoms with Gasteiger partial charge in [-0.05, 0) is 12.5 Å². The van der Waals surface area contributed by atoms with Crippen LogP contribution in [0.2, 0.25) is 0 Å². The largest absolute Gasteiger partial charge is 0.481 e. The van der Waals surface area contributed by atoms with Gasteiger partial charge in [-0.2, -0.15) is 0 Å². The number of aromatic nitrogens is 3. The van der Waals surface area contributed by atoms with Gasteiger partial charge in [0.15, 0.2) is 5.82 Å². The number of rotatable bonds is 5. The van der Waals surface area contributed by atoms with Crippen molar-refractivity contribution in [1.29, 1.82) is 0 Å². The molecule has 0 aromatic carbocycles. The minimum Gasteiger partial charge on any atom is -0.481 e. The summed E-state index contributed by atoms with van der Waals surface area (Å²) in [5.74, 6) is -0.572. The number of imidazole rings is 1. The third-order valence-corrected chi connectivity index (χ3v) is 3.00. The van der Waals surface area contributed by atoms with E-state index in [4.69, 9.17) is 5.11 Å². The smallest absolute Gasteiger partial charge is 0.308 e. The number of anilines is 1. The van der Waals surface area contributed by atoms with Crippen molar-refractivity contribution in [1.82, 2.24) is 14.5 Å². The third kappa shape index (κ3) is 2.27. The number of hydrogen-bond acceptors (Lipinski definition) is 4. The van der Waals surface area contributed by atoms with E-state index in [0.29, 0.717) is 18.8 Å². The predicted octanol–water partition coefficient (Wildman–Crippen LogP) is 1.49. The van der Waals surface area contributed by atoms with Crippen molar-refractivity contribution >= 4 is 22.8 Å². The lowest BCUT2D eigenvalue weighted by Crippen LogP contribution is -2.22. The van der Waals surface area contributed by atoms with E-state index in [9.17, 15) is 4.79 Å². The van der Waals surface area contributed by atoms with Crippen molar-refractivity contribution in [2.75, 3.05) is 11.9 Å². The quantitative estimate of drug-likeness (QED) is 0.838. The molecule has 0 amide bonds. The molecule has 0 radical (unpaired) electrons. The van der Waals surface area contributed by atoms with Gasteiger partial charge in [-0.3, -0.25) is 4.79 Å². The van der Waals surface area contributed by atoms with Gasteiger partial charge in [-0.1, -0.05) is 6.92 Å². The van der Waals surface area contributed by atoms with Crippen LogP contribution in [-0.4, -0.2) is 32.2 Å². The van der Waals surface area contributed by atoms with Crippen LogP contribution in [-0.2, 0) is 11.8 Å². The molecule has 0 aliphatic carbocycles. The Labute approximate surface area is 105 Å². The summed E-state index contributed by atoms with van der Waals surface area (Å²) < 4.78 is 1.90. The molecule has 6 nitrogen and oxygen atoms in total. The van der Waals surface area contributed by atoms with Crippen LogP contribution < -0.4 is 5.32 Å². The number of nitrogens with one attached hydrogen (secondary N) is 1. The van der Waals surface area contributed by atoms with Gasteiger partial charge < -0.3 is 15.0 Å². The van der Waals surface area contributed by atoms with Crippen LogP contribution in [0.4, 0.5) is 5.82 Å². The molecule has 2 heterocycles. The second-order valence-corrected chi connectivity index (χ2v) is 4.21. The normalized spacial score (nSPS) is 12.6. The number of carboxylic acids is 1. The zero-order valence-electron chi connectivity index (χ0n) is 10.4. The minimum absolute atomic E-state index is 0.356. The summed E-state index contributed by atoms with van der Waals surface area (Å²) in [4.78, 5) is 19.4. The van der Waals surface area contributed by atoms with E-state index in [1.54, 1.807) is 12.5 Å². The summed E-state index contributed by atoms with van der Waals surface area (Å²) in [6.45, 7) is 2.21. The second kappa shape index (κ2) is 5.03. The van der Waals surface area contributed by atoms with E-state index in [-0.39, 0.29) is 0 Å². The summed E-state index contributed by atoms with van der Waals surface area (Å²) in [5, 5.41) is 12.1. The average Bonchev–Trinajstić information content (AvgIpc) is 2.73. The summed E-state index contributed by atoms with van der Waals surface area (Å²) in [5.41, 5.74) is 1.73. The summed E-state index contributed by atoms with van der Waals surface area (Å²) in [6, 6.07) is 1.88. The Hall–Kier alpha value is -2.11.